The van der Waals surface area contributed by atoms with E-state index >= 15 is 0 Å². The van der Waals surface area contributed by atoms with E-state index in [-0.39, 0.29) is 48.0 Å². The van der Waals surface area contributed by atoms with E-state index in [0.29, 0.717) is 11.1 Å². The number of imide groups is 2. The molecule has 4 atom stereocenters. The SMILES string of the molecule is COC(=O)[C@H](Cc1ccccc1)NC(=O)[C@@H](Cc1ccccc1)N1C(=O)C2=CC=C3C(=O)N([C@@H](Cc4ccccc4)C(=O)N[C@H](Cc4ccccc4)C(=O)OC)C(=O)C4=CC=C(C1=O)C2C34. The van der Waals surface area contributed by atoms with E-state index in [1.807, 2.05) is 12.1 Å². The van der Waals surface area contributed by atoms with Gasteiger partial charge in [0, 0.05) is 59.8 Å². The van der Waals surface area contributed by atoms with Crippen molar-refractivity contribution in [1.29, 1.82) is 0 Å². The summed E-state index contributed by atoms with van der Waals surface area (Å²) >= 11 is 0. The zero-order chi connectivity index (χ0) is 46.5. The maximum Gasteiger partial charge on any atom is 0.328 e. The molecule has 0 spiro atoms. The standard InChI is InChI=1S/C52H46N4O10/c1-65-51(63)39(27-31-15-7-3-8-16-31)53-45(57)41(29-33-19-11-5-12-20-33)55-47(59)35-23-25-37-44-38(26-24-36(43(35)44)48(55)60)50(62)56(49(37)61)42(30-34-21-13-6-14-22-34)46(58)54-40(52(64)66-2)28-32-17-9-4-10-18-32/h3-26,39-44H,27-30H2,1-2H3,(H,53,57)(H,54,58)/t39-,40+,41+,42-,43?,44?. The Morgan fingerprint density at radius 2 is 0.697 bits per heavy atom. The molecule has 0 bridgehead atoms. The fourth-order valence-electron chi connectivity index (χ4n) is 9.13. The number of ether oxygens (including phenoxy) is 2. The van der Waals surface area contributed by atoms with Gasteiger partial charge in [0.1, 0.15) is 24.2 Å². The summed E-state index contributed by atoms with van der Waals surface area (Å²) < 4.78 is 10.1. The molecule has 2 N–H and O–H groups in total. The summed E-state index contributed by atoms with van der Waals surface area (Å²) in [6.45, 7) is 0. The van der Waals surface area contributed by atoms with Crippen molar-refractivity contribution in [3.63, 3.8) is 0 Å². The highest BCUT2D eigenvalue weighted by Crippen LogP contribution is 2.50. The Bertz CT molecular complexity index is 2460. The molecule has 4 aromatic carbocycles. The number of benzene rings is 4. The Morgan fingerprint density at radius 1 is 0.439 bits per heavy atom. The number of hydrogen-bond acceptors (Lipinski definition) is 10. The van der Waals surface area contributed by atoms with Crippen LogP contribution in [0.1, 0.15) is 22.3 Å². The lowest BCUT2D eigenvalue weighted by atomic mass is 9.63. The third-order valence-electron chi connectivity index (χ3n) is 12.4. The van der Waals surface area contributed by atoms with Crippen molar-refractivity contribution in [3.8, 4) is 0 Å². The van der Waals surface area contributed by atoms with Gasteiger partial charge in [0.15, 0.2) is 0 Å². The largest absolute Gasteiger partial charge is 0.467 e. The summed E-state index contributed by atoms with van der Waals surface area (Å²) in [6.07, 6.45) is 5.64. The highest BCUT2D eigenvalue weighted by molar-refractivity contribution is 6.22. The number of nitrogens with one attached hydrogen (secondary N) is 2. The van der Waals surface area contributed by atoms with Crippen molar-refractivity contribution < 1.29 is 47.8 Å². The molecule has 0 radical (unpaired) electrons. The number of likely N-dealkylation sites (tertiary alicyclic amines) is 2. The molecule has 0 saturated carbocycles. The number of methoxy groups -OCH3 is 2. The molecule has 8 rings (SSSR count). The second-order valence-corrected chi connectivity index (χ2v) is 16.4. The average Bonchev–Trinajstić information content (AvgIpc) is 3.34. The van der Waals surface area contributed by atoms with Crippen molar-refractivity contribution in [2.24, 2.45) is 11.8 Å². The van der Waals surface area contributed by atoms with Crippen molar-refractivity contribution >= 4 is 47.4 Å². The molecule has 2 aliphatic heterocycles. The molecule has 14 nitrogen and oxygen atoms in total. The Hall–Kier alpha value is -8.00. The smallest absolute Gasteiger partial charge is 0.328 e. The van der Waals surface area contributed by atoms with Gasteiger partial charge in [-0.1, -0.05) is 146 Å². The molecule has 6 amide bonds. The van der Waals surface area contributed by atoms with E-state index in [9.17, 15) is 38.4 Å². The Labute approximate surface area is 380 Å². The average molecular weight is 887 g/mol. The predicted octanol–water partition coefficient (Wildman–Crippen LogP) is 3.71. The van der Waals surface area contributed by atoms with Crippen LogP contribution in [0.25, 0.3) is 0 Å². The number of esters is 2. The number of nitrogens with zero attached hydrogens (tertiary/aromatic N) is 2. The molecule has 0 unspecified atom stereocenters. The zero-order valence-electron chi connectivity index (χ0n) is 36.1. The molecule has 66 heavy (non-hydrogen) atoms. The minimum atomic E-state index is -1.44. The van der Waals surface area contributed by atoms with Gasteiger partial charge in [0.25, 0.3) is 23.6 Å². The second kappa shape index (κ2) is 19.4. The minimum absolute atomic E-state index is 0.0763. The maximum atomic E-state index is 14.8. The van der Waals surface area contributed by atoms with Crippen molar-refractivity contribution in [2.75, 3.05) is 14.2 Å². The summed E-state index contributed by atoms with van der Waals surface area (Å²) in [6, 6.07) is 30.4. The molecule has 2 saturated heterocycles. The van der Waals surface area contributed by atoms with Gasteiger partial charge < -0.3 is 20.1 Å². The highest BCUT2D eigenvalue weighted by Gasteiger charge is 2.57. The van der Waals surface area contributed by atoms with Crippen LogP contribution in [-0.2, 0) is 73.5 Å². The third-order valence-corrected chi connectivity index (χ3v) is 12.4. The van der Waals surface area contributed by atoms with Crippen molar-refractivity contribution in [1.82, 2.24) is 20.4 Å². The van der Waals surface area contributed by atoms with Crippen LogP contribution in [0.2, 0.25) is 0 Å². The van der Waals surface area contributed by atoms with E-state index in [1.165, 1.54) is 38.5 Å². The van der Waals surface area contributed by atoms with E-state index in [4.69, 9.17) is 9.47 Å². The van der Waals surface area contributed by atoms with Crippen molar-refractivity contribution in [2.45, 2.75) is 49.9 Å². The quantitative estimate of drug-likeness (QED) is 0.124. The molecule has 2 fully saturated rings. The van der Waals surface area contributed by atoms with Gasteiger partial charge in [-0.15, -0.1) is 0 Å². The van der Waals surface area contributed by atoms with Gasteiger partial charge in [-0.05, 0) is 22.3 Å². The molecule has 14 heteroatoms. The molecular weight excluding hydrogens is 841 g/mol. The van der Waals surface area contributed by atoms with Crippen LogP contribution in [-0.4, -0.2) is 95.6 Å². The fourth-order valence-corrected chi connectivity index (χ4v) is 9.13. The molecule has 0 aromatic heterocycles. The maximum absolute atomic E-state index is 14.8. The normalized spacial score (nSPS) is 19.1. The second-order valence-electron chi connectivity index (χ2n) is 16.4. The van der Waals surface area contributed by atoms with Gasteiger partial charge in [-0.3, -0.25) is 38.6 Å². The lowest BCUT2D eigenvalue weighted by molar-refractivity contribution is -0.154. The number of allylic oxidation sites excluding steroid dienone is 4. The molecule has 2 heterocycles. The summed E-state index contributed by atoms with van der Waals surface area (Å²) in [4.78, 5) is 116. The summed E-state index contributed by atoms with van der Waals surface area (Å²) in [5, 5.41) is 5.49. The summed E-state index contributed by atoms with van der Waals surface area (Å²) in [5.74, 6) is -8.32. The summed E-state index contributed by atoms with van der Waals surface area (Å²) in [7, 11) is 2.40. The lowest BCUT2D eigenvalue weighted by Gasteiger charge is -2.47. The molecule has 2 aliphatic carbocycles. The Kier molecular flexibility index (Phi) is 13.1. The number of piperidine rings is 2. The molecule has 4 aliphatic rings. The van der Waals surface area contributed by atoms with E-state index in [2.05, 4.69) is 10.6 Å². The molecular formula is C52H46N4O10. The first kappa shape index (κ1) is 44.6. The predicted molar refractivity (Wildman–Crippen MR) is 239 cm³/mol. The number of carbonyl (C=O) groups is 8. The van der Waals surface area contributed by atoms with Crippen LogP contribution in [0.3, 0.4) is 0 Å². The van der Waals surface area contributed by atoms with Crippen LogP contribution in [0.15, 0.2) is 168 Å². The Balaban J connectivity index is 1.14. The van der Waals surface area contributed by atoms with Gasteiger partial charge in [0.05, 0.1) is 14.2 Å². The van der Waals surface area contributed by atoms with Crippen LogP contribution in [0.5, 0.6) is 0 Å². The molecule has 4 aromatic rings. The third kappa shape index (κ3) is 8.90. The van der Waals surface area contributed by atoms with Gasteiger partial charge in [-0.25, -0.2) is 9.59 Å². The lowest BCUT2D eigenvalue weighted by Crippen LogP contribution is -2.63. The van der Waals surface area contributed by atoms with Gasteiger partial charge >= 0.3 is 11.9 Å². The van der Waals surface area contributed by atoms with E-state index in [1.54, 1.807) is 109 Å². The fraction of sp³-hybridized carbons (Fsp3) is 0.231. The van der Waals surface area contributed by atoms with Crippen LogP contribution in [0.4, 0.5) is 0 Å². The highest BCUT2D eigenvalue weighted by atomic mass is 16.5. The first-order valence-corrected chi connectivity index (χ1v) is 21.5. The number of hydrogen-bond donors (Lipinski definition) is 2. The molecule has 334 valence electrons. The van der Waals surface area contributed by atoms with Gasteiger partial charge in [-0.2, -0.15) is 0 Å². The van der Waals surface area contributed by atoms with E-state index in [0.717, 1.165) is 20.9 Å². The van der Waals surface area contributed by atoms with Gasteiger partial charge in [0.2, 0.25) is 11.8 Å². The minimum Gasteiger partial charge on any atom is -0.467 e. The monoisotopic (exact) mass is 886 g/mol. The Morgan fingerprint density at radius 3 is 0.955 bits per heavy atom. The van der Waals surface area contributed by atoms with Crippen LogP contribution in [0, 0.1) is 11.8 Å². The first-order chi connectivity index (χ1) is 32.0. The zero-order valence-corrected chi connectivity index (χ0v) is 36.1. The number of amides is 6. The number of carbonyl (C=O) groups excluding carboxylic acids is 8. The van der Waals surface area contributed by atoms with Crippen LogP contribution >= 0.6 is 0 Å². The topological polar surface area (TPSA) is 186 Å². The van der Waals surface area contributed by atoms with Crippen LogP contribution < -0.4 is 10.6 Å². The van der Waals surface area contributed by atoms with Crippen molar-refractivity contribution in [3.05, 3.63) is 190 Å². The summed E-state index contributed by atoms with van der Waals surface area (Å²) in [5.41, 5.74) is 3.05. The number of rotatable bonds is 16. The van der Waals surface area contributed by atoms with E-state index < -0.39 is 83.4 Å². The first-order valence-electron chi connectivity index (χ1n) is 21.5.